The van der Waals surface area contributed by atoms with Crippen LogP contribution < -0.4 is 5.01 Å². The molecular weight excluding hydrogens is 387 g/mol. The second-order valence-corrected chi connectivity index (χ2v) is 6.99. The molecule has 30 heavy (non-hydrogen) atoms. The average Bonchev–Trinajstić information content (AvgIpc) is 3.43. The number of amides is 1. The Balaban J connectivity index is 1.42. The lowest BCUT2D eigenvalue weighted by molar-refractivity contribution is -0.114. The molecular formula is C23H15FN2O4. The first-order chi connectivity index (χ1) is 14.5. The molecule has 2 aromatic carbocycles. The molecule has 3 heterocycles. The van der Waals surface area contributed by atoms with Gasteiger partial charge in [-0.1, -0.05) is 6.07 Å². The number of benzene rings is 2. The number of anilines is 1. The minimum atomic E-state index is -0.382. The molecule has 0 aliphatic carbocycles. The van der Waals surface area contributed by atoms with Crippen LogP contribution in [0, 0.1) is 5.82 Å². The molecule has 0 saturated carbocycles. The molecule has 7 heteroatoms. The Hall–Kier alpha value is -4.00. The number of nitrogens with zero attached hydrogens (tertiary/aromatic N) is 2. The Labute approximate surface area is 170 Å². The molecule has 2 aliphatic heterocycles. The van der Waals surface area contributed by atoms with Crippen molar-refractivity contribution in [2.24, 2.45) is 5.10 Å². The van der Waals surface area contributed by atoms with E-state index in [-0.39, 0.29) is 24.3 Å². The van der Waals surface area contributed by atoms with Gasteiger partial charge in [-0.25, -0.2) is 9.18 Å². The van der Waals surface area contributed by atoms with Gasteiger partial charge in [-0.3, -0.25) is 4.79 Å². The van der Waals surface area contributed by atoms with Crippen LogP contribution >= 0.6 is 0 Å². The van der Waals surface area contributed by atoms with E-state index in [9.17, 15) is 14.0 Å². The summed E-state index contributed by atoms with van der Waals surface area (Å²) in [7, 11) is 0. The fourth-order valence-corrected chi connectivity index (χ4v) is 3.46. The van der Waals surface area contributed by atoms with E-state index in [2.05, 4.69) is 5.10 Å². The third-order valence-electron chi connectivity index (χ3n) is 5.02. The van der Waals surface area contributed by atoms with E-state index >= 15 is 0 Å². The monoisotopic (exact) mass is 402 g/mol. The molecule has 2 aliphatic rings. The summed E-state index contributed by atoms with van der Waals surface area (Å²) < 4.78 is 24.1. The largest absolute Gasteiger partial charge is 0.457 e. The molecule has 148 valence electrons. The molecule has 3 aromatic rings. The highest BCUT2D eigenvalue weighted by atomic mass is 19.1. The number of fused-ring (bicyclic) bond motifs is 1. The van der Waals surface area contributed by atoms with Gasteiger partial charge < -0.3 is 9.15 Å². The van der Waals surface area contributed by atoms with Crippen molar-refractivity contribution < 1.29 is 23.1 Å². The van der Waals surface area contributed by atoms with Gasteiger partial charge in [0.1, 0.15) is 23.9 Å². The molecule has 0 radical (unpaired) electrons. The number of hydrazone groups is 1. The zero-order chi connectivity index (χ0) is 20.8. The first-order valence-corrected chi connectivity index (χ1v) is 9.27. The Morgan fingerprint density at radius 2 is 1.87 bits per heavy atom. The van der Waals surface area contributed by atoms with Crippen molar-refractivity contribution in [1.82, 2.24) is 0 Å². The zero-order valence-corrected chi connectivity index (χ0v) is 15.9. The molecule has 0 N–H and O–H groups in total. The average molecular weight is 402 g/mol. The molecule has 5 rings (SSSR count). The van der Waals surface area contributed by atoms with Crippen molar-refractivity contribution in [1.29, 1.82) is 0 Å². The summed E-state index contributed by atoms with van der Waals surface area (Å²) in [6.07, 6.45) is 1.63. The summed E-state index contributed by atoms with van der Waals surface area (Å²) in [4.78, 5) is 24.4. The molecule has 0 spiro atoms. The first-order valence-electron chi connectivity index (χ1n) is 9.27. The summed E-state index contributed by atoms with van der Waals surface area (Å²) >= 11 is 0. The van der Waals surface area contributed by atoms with Crippen molar-refractivity contribution >= 4 is 29.4 Å². The SMILES string of the molecule is CC1=NN(c2ccc(F)cc2)C(=O)/C1=C\c1ccc(-c2ccc3c(c2)COC3=O)o1. The molecule has 1 aromatic heterocycles. The highest BCUT2D eigenvalue weighted by Crippen LogP contribution is 2.30. The van der Waals surface area contributed by atoms with E-state index in [1.54, 1.807) is 37.3 Å². The van der Waals surface area contributed by atoms with Gasteiger partial charge in [0, 0.05) is 11.1 Å². The molecule has 0 bridgehead atoms. The van der Waals surface area contributed by atoms with Crippen LogP contribution in [0.3, 0.4) is 0 Å². The van der Waals surface area contributed by atoms with E-state index in [4.69, 9.17) is 9.15 Å². The van der Waals surface area contributed by atoms with Crippen molar-refractivity contribution in [2.45, 2.75) is 13.5 Å². The number of rotatable bonds is 3. The molecule has 0 unspecified atom stereocenters. The van der Waals surface area contributed by atoms with Crippen molar-refractivity contribution in [3.05, 3.63) is 82.9 Å². The van der Waals surface area contributed by atoms with Crippen molar-refractivity contribution in [3.8, 4) is 11.3 Å². The lowest BCUT2D eigenvalue weighted by atomic mass is 10.0. The van der Waals surface area contributed by atoms with E-state index < -0.39 is 0 Å². The van der Waals surface area contributed by atoms with Crippen molar-refractivity contribution in [3.63, 3.8) is 0 Å². The standard InChI is InChI=1S/C23H15FN2O4/c1-13-20(22(27)26(25-13)17-5-3-16(24)4-6-17)11-18-7-9-21(30-18)14-2-8-19-15(10-14)12-29-23(19)28/h2-11H,12H2,1H3/b20-11-. The van der Waals surface area contributed by atoms with Crippen LogP contribution in [0.5, 0.6) is 0 Å². The maximum absolute atomic E-state index is 13.2. The second-order valence-electron chi connectivity index (χ2n) is 6.99. The van der Waals surface area contributed by atoms with Crippen LogP contribution in [0.1, 0.15) is 28.6 Å². The Kier molecular flexibility index (Phi) is 4.10. The minimum Gasteiger partial charge on any atom is -0.457 e. The van der Waals surface area contributed by atoms with Crippen LogP contribution in [0.2, 0.25) is 0 Å². The maximum Gasteiger partial charge on any atom is 0.338 e. The number of halogens is 1. The number of cyclic esters (lactones) is 1. The normalized spacial score (nSPS) is 16.8. The van der Waals surface area contributed by atoms with Crippen LogP contribution in [-0.4, -0.2) is 17.6 Å². The second kappa shape index (κ2) is 6.81. The van der Waals surface area contributed by atoms with Crippen LogP contribution in [0.15, 0.2) is 69.7 Å². The quantitative estimate of drug-likeness (QED) is 0.476. The van der Waals surface area contributed by atoms with Gasteiger partial charge in [0.15, 0.2) is 0 Å². The fourth-order valence-electron chi connectivity index (χ4n) is 3.46. The number of esters is 1. The van der Waals surface area contributed by atoms with E-state index in [1.165, 1.54) is 29.3 Å². The minimum absolute atomic E-state index is 0.253. The summed E-state index contributed by atoms with van der Waals surface area (Å²) in [6.45, 7) is 1.98. The lowest BCUT2D eigenvalue weighted by Crippen LogP contribution is -2.21. The van der Waals surface area contributed by atoms with Gasteiger partial charge in [0.05, 0.1) is 22.5 Å². The fraction of sp³-hybridized carbons (Fsp3) is 0.0870. The summed E-state index contributed by atoms with van der Waals surface area (Å²) in [5.74, 6) is 0.0930. The van der Waals surface area contributed by atoms with Crippen LogP contribution in [0.4, 0.5) is 10.1 Å². The van der Waals surface area contributed by atoms with Gasteiger partial charge in [-0.15, -0.1) is 0 Å². The third-order valence-corrected chi connectivity index (χ3v) is 5.02. The first kappa shape index (κ1) is 18.1. The van der Waals surface area contributed by atoms with E-state index in [0.29, 0.717) is 34.1 Å². The number of furan rings is 1. The Morgan fingerprint density at radius 3 is 2.67 bits per heavy atom. The van der Waals surface area contributed by atoms with Gasteiger partial charge in [0.25, 0.3) is 5.91 Å². The molecule has 0 fully saturated rings. The lowest BCUT2D eigenvalue weighted by Gasteiger charge is -2.11. The van der Waals surface area contributed by atoms with Crippen LogP contribution in [-0.2, 0) is 16.1 Å². The van der Waals surface area contributed by atoms with E-state index in [0.717, 1.165) is 11.1 Å². The predicted molar refractivity (Wildman–Crippen MR) is 108 cm³/mol. The summed E-state index contributed by atoms with van der Waals surface area (Å²) in [6, 6.07) is 14.5. The number of ether oxygens (including phenoxy) is 1. The third kappa shape index (κ3) is 3.00. The number of hydrogen-bond acceptors (Lipinski definition) is 5. The molecule has 1 amide bonds. The van der Waals surface area contributed by atoms with Crippen LogP contribution in [0.25, 0.3) is 17.4 Å². The number of carbonyl (C=O) groups excluding carboxylic acids is 2. The topological polar surface area (TPSA) is 72.1 Å². The smallest absolute Gasteiger partial charge is 0.338 e. The predicted octanol–water partition coefficient (Wildman–Crippen LogP) is 4.56. The highest BCUT2D eigenvalue weighted by molar-refractivity contribution is 6.32. The Morgan fingerprint density at radius 1 is 1.07 bits per heavy atom. The zero-order valence-electron chi connectivity index (χ0n) is 15.9. The molecule has 0 saturated heterocycles. The molecule has 6 nitrogen and oxygen atoms in total. The molecule has 0 atom stereocenters. The Bertz CT molecular complexity index is 1250. The van der Waals surface area contributed by atoms with Gasteiger partial charge >= 0.3 is 5.97 Å². The number of hydrogen-bond donors (Lipinski definition) is 0. The van der Waals surface area contributed by atoms with Gasteiger partial charge in [-0.05, 0) is 61.5 Å². The van der Waals surface area contributed by atoms with Gasteiger partial charge in [0.2, 0.25) is 0 Å². The van der Waals surface area contributed by atoms with Gasteiger partial charge in [-0.2, -0.15) is 10.1 Å². The van der Waals surface area contributed by atoms with Crippen molar-refractivity contribution in [2.75, 3.05) is 5.01 Å². The maximum atomic E-state index is 13.2. The summed E-state index contributed by atoms with van der Waals surface area (Å²) in [5, 5.41) is 5.52. The van der Waals surface area contributed by atoms with E-state index in [1.807, 2.05) is 6.07 Å². The summed E-state index contributed by atoms with van der Waals surface area (Å²) in [5.41, 5.74) is 3.62. The number of carbonyl (C=O) groups is 2. The highest BCUT2D eigenvalue weighted by Gasteiger charge is 2.29.